The first-order chi connectivity index (χ1) is 9.86. The molecule has 0 fully saturated rings. The van der Waals surface area contributed by atoms with Gasteiger partial charge in [-0.2, -0.15) is 0 Å². The van der Waals surface area contributed by atoms with E-state index >= 15 is 0 Å². The minimum Gasteiger partial charge on any atom is -0.380 e. The SMILES string of the molecule is C=CCOCc1ccccc1.COCc1ccccc1. The molecule has 0 N–H and O–H groups in total. The number of hydrogen-bond donors (Lipinski definition) is 0. The standard InChI is InChI=1S/C10H12O.C8H10O/c1-2-8-11-9-10-6-4-3-5-7-10;1-9-7-8-5-3-2-4-6-8/h2-7H,1,8-9H2;2-6H,7H2,1H3. The zero-order valence-corrected chi connectivity index (χ0v) is 12.0. The maximum absolute atomic E-state index is 5.25. The molecular weight excluding hydrogens is 248 g/mol. The Morgan fingerprint density at radius 2 is 1.35 bits per heavy atom. The highest BCUT2D eigenvalue weighted by molar-refractivity contribution is 5.13. The van der Waals surface area contributed by atoms with Gasteiger partial charge in [0.05, 0.1) is 19.8 Å². The Morgan fingerprint density at radius 3 is 1.80 bits per heavy atom. The molecule has 2 rings (SSSR count). The lowest BCUT2D eigenvalue weighted by Gasteiger charge is -1.99. The molecule has 0 heterocycles. The van der Waals surface area contributed by atoms with Gasteiger partial charge in [-0.05, 0) is 11.1 Å². The van der Waals surface area contributed by atoms with E-state index in [-0.39, 0.29) is 0 Å². The third-order valence-electron chi connectivity index (χ3n) is 2.50. The van der Waals surface area contributed by atoms with Crippen molar-refractivity contribution in [2.75, 3.05) is 13.7 Å². The highest BCUT2D eigenvalue weighted by atomic mass is 16.5. The van der Waals surface area contributed by atoms with E-state index in [4.69, 9.17) is 9.47 Å². The summed E-state index contributed by atoms with van der Waals surface area (Å²) in [7, 11) is 1.70. The monoisotopic (exact) mass is 270 g/mol. The first-order valence-corrected chi connectivity index (χ1v) is 6.62. The topological polar surface area (TPSA) is 18.5 Å². The molecule has 2 nitrogen and oxygen atoms in total. The van der Waals surface area contributed by atoms with Crippen molar-refractivity contribution in [1.29, 1.82) is 0 Å². The van der Waals surface area contributed by atoms with Crippen molar-refractivity contribution in [3.63, 3.8) is 0 Å². The normalized spacial score (nSPS) is 9.45. The summed E-state index contributed by atoms with van der Waals surface area (Å²) in [5.41, 5.74) is 2.43. The van der Waals surface area contributed by atoms with Crippen molar-refractivity contribution in [2.24, 2.45) is 0 Å². The number of benzene rings is 2. The highest BCUT2D eigenvalue weighted by Gasteiger charge is 1.87. The fourth-order valence-corrected chi connectivity index (χ4v) is 1.58. The maximum atomic E-state index is 5.25. The number of ether oxygens (including phenoxy) is 2. The molecule has 20 heavy (non-hydrogen) atoms. The zero-order valence-electron chi connectivity index (χ0n) is 12.0. The molecule has 0 aliphatic heterocycles. The Morgan fingerprint density at radius 1 is 0.850 bits per heavy atom. The summed E-state index contributed by atoms with van der Waals surface area (Å²) >= 11 is 0. The Kier molecular flexibility index (Phi) is 8.86. The van der Waals surface area contributed by atoms with Crippen LogP contribution in [0.4, 0.5) is 0 Å². The predicted molar refractivity (Wildman–Crippen MR) is 83.5 cm³/mol. The van der Waals surface area contributed by atoms with E-state index in [9.17, 15) is 0 Å². The Labute approximate surface area is 121 Å². The van der Waals surface area contributed by atoms with Gasteiger partial charge in [-0.25, -0.2) is 0 Å². The van der Waals surface area contributed by atoms with Crippen LogP contribution in [0.15, 0.2) is 73.3 Å². The smallest absolute Gasteiger partial charge is 0.0721 e. The molecule has 0 bridgehead atoms. The lowest BCUT2D eigenvalue weighted by atomic mass is 10.2. The van der Waals surface area contributed by atoms with Gasteiger partial charge in [0.25, 0.3) is 0 Å². The lowest BCUT2D eigenvalue weighted by Crippen LogP contribution is -1.91. The van der Waals surface area contributed by atoms with Gasteiger partial charge in [0, 0.05) is 7.11 Å². The summed E-state index contributed by atoms with van der Waals surface area (Å²) in [5, 5.41) is 0. The quantitative estimate of drug-likeness (QED) is 0.578. The number of methoxy groups -OCH3 is 1. The van der Waals surface area contributed by atoms with E-state index in [0.717, 1.165) is 0 Å². The van der Waals surface area contributed by atoms with Crippen LogP contribution < -0.4 is 0 Å². The van der Waals surface area contributed by atoms with Crippen molar-refractivity contribution in [3.8, 4) is 0 Å². The second-order valence-corrected chi connectivity index (χ2v) is 4.21. The predicted octanol–water partition coefficient (Wildman–Crippen LogP) is 4.22. The third-order valence-corrected chi connectivity index (χ3v) is 2.50. The first kappa shape index (κ1) is 16.2. The van der Waals surface area contributed by atoms with Crippen LogP contribution in [0, 0.1) is 0 Å². The molecule has 2 aromatic rings. The van der Waals surface area contributed by atoms with E-state index in [0.29, 0.717) is 19.8 Å². The minimum absolute atomic E-state index is 0.620. The first-order valence-electron chi connectivity index (χ1n) is 6.62. The van der Waals surface area contributed by atoms with Crippen LogP contribution in [-0.2, 0) is 22.7 Å². The molecule has 0 aliphatic carbocycles. The van der Waals surface area contributed by atoms with Crippen molar-refractivity contribution < 1.29 is 9.47 Å². The maximum Gasteiger partial charge on any atom is 0.0721 e. The lowest BCUT2D eigenvalue weighted by molar-refractivity contribution is 0.149. The van der Waals surface area contributed by atoms with Crippen molar-refractivity contribution in [3.05, 3.63) is 84.4 Å². The van der Waals surface area contributed by atoms with Crippen molar-refractivity contribution >= 4 is 0 Å². The molecule has 0 aromatic heterocycles. The second kappa shape index (κ2) is 11.0. The molecule has 2 aromatic carbocycles. The van der Waals surface area contributed by atoms with Gasteiger partial charge in [0.15, 0.2) is 0 Å². The average molecular weight is 270 g/mol. The summed E-state index contributed by atoms with van der Waals surface area (Å²) < 4.78 is 10.2. The summed E-state index contributed by atoms with van der Waals surface area (Å²) in [4.78, 5) is 0. The number of rotatable bonds is 6. The molecular formula is C18H22O2. The molecule has 0 aliphatic rings. The van der Waals surface area contributed by atoms with Crippen LogP contribution >= 0.6 is 0 Å². The molecule has 106 valence electrons. The van der Waals surface area contributed by atoms with Crippen LogP contribution in [0.3, 0.4) is 0 Å². The van der Waals surface area contributed by atoms with Crippen molar-refractivity contribution in [1.82, 2.24) is 0 Å². The zero-order chi connectivity index (χ0) is 14.5. The van der Waals surface area contributed by atoms with E-state index in [1.807, 2.05) is 60.7 Å². The molecule has 0 saturated carbocycles. The van der Waals surface area contributed by atoms with E-state index < -0.39 is 0 Å². The van der Waals surface area contributed by atoms with E-state index in [1.165, 1.54) is 11.1 Å². The highest BCUT2D eigenvalue weighted by Crippen LogP contribution is 1.99. The fraction of sp³-hybridized carbons (Fsp3) is 0.222. The van der Waals surface area contributed by atoms with Gasteiger partial charge < -0.3 is 9.47 Å². The number of hydrogen-bond acceptors (Lipinski definition) is 2. The second-order valence-electron chi connectivity index (χ2n) is 4.21. The Bertz CT molecular complexity index is 451. The molecule has 0 saturated heterocycles. The fourth-order valence-electron chi connectivity index (χ4n) is 1.58. The van der Waals surface area contributed by atoms with Crippen LogP contribution in [0.2, 0.25) is 0 Å². The molecule has 0 amide bonds. The molecule has 0 radical (unpaired) electrons. The summed E-state index contributed by atoms with van der Waals surface area (Å²) in [6.45, 7) is 5.57. The summed E-state index contributed by atoms with van der Waals surface area (Å²) in [6.07, 6.45) is 1.75. The molecule has 0 unspecified atom stereocenters. The van der Waals surface area contributed by atoms with Gasteiger partial charge in [-0.15, -0.1) is 6.58 Å². The largest absolute Gasteiger partial charge is 0.380 e. The van der Waals surface area contributed by atoms with E-state index in [2.05, 4.69) is 6.58 Å². The van der Waals surface area contributed by atoms with Gasteiger partial charge in [0.2, 0.25) is 0 Å². The van der Waals surface area contributed by atoms with E-state index in [1.54, 1.807) is 13.2 Å². The summed E-state index contributed by atoms with van der Waals surface area (Å²) in [5.74, 6) is 0. The van der Waals surface area contributed by atoms with Crippen LogP contribution in [-0.4, -0.2) is 13.7 Å². The summed E-state index contributed by atoms with van der Waals surface area (Å²) in [6, 6.07) is 20.2. The van der Waals surface area contributed by atoms with Crippen molar-refractivity contribution in [2.45, 2.75) is 13.2 Å². The molecule has 0 spiro atoms. The molecule has 0 atom stereocenters. The average Bonchev–Trinajstić information content (AvgIpc) is 2.51. The van der Waals surface area contributed by atoms with Crippen LogP contribution in [0.5, 0.6) is 0 Å². The third kappa shape index (κ3) is 7.52. The van der Waals surface area contributed by atoms with Gasteiger partial charge in [-0.3, -0.25) is 0 Å². The minimum atomic E-state index is 0.620. The Balaban J connectivity index is 0.000000204. The Hall–Kier alpha value is -1.90. The van der Waals surface area contributed by atoms with Gasteiger partial charge >= 0.3 is 0 Å². The molecule has 2 heteroatoms. The van der Waals surface area contributed by atoms with Crippen LogP contribution in [0.1, 0.15) is 11.1 Å². The van der Waals surface area contributed by atoms with Gasteiger partial charge in [-0.1, -0.05) is 66.7 Å². The van der Waals surface area contributed by atoms with Crippen LogP contribution in [0.25, 0.3) is 0 Å². The van der Waals surface area contributed by atoms with Gasteiger partial charge in [0.1, 0.15) is 0 Å².